The Morgan fingerprint density at radius 3 is 2.50 bits per heavy atom. The second-order valence-electron chi connectivity index (χ2n) is 5.52. The molecule has 0 heterocycles. The minimum absolute atomic E-state index is 0.0648. The smallest absolute Gasteiger partial charge is 0.255 e. The van der Waals surface area contributed by atoms with Crippen LogP contribution >= 0.6 is 34.8 Å². The predicted molar refractivity (Wildman–Crippen MR) is 110 cm³/mol. The molecule has 0 spiro atoms. The number of amides is 1. The summed E-state index contributed by atoms with van der Waals surface area (Å²) in [6.45, 7) is -0.447. The summed E-state index contributed by atoms with van der Waals surface area (Å²) in [5, 5.41) is 4.74. The highest BCUT2D eigenvalue weighted by molar-refractivity contribution is 7.89. The fourth-order valence-corrected chi connectivity index (χ4v) is 4.02. The van der Waals surface area contributed by atoms with E-state index in [4.69, 9.17) is 39.5 Å². The Labute approximate surface area is 177 Å². The van der Waals surface area contributed by atoms with Crippen LogP contribution in [0.5, 0.6) is 5.75 Å². The van der Waals surface area contributed by atoms with Gasteiger partial charge in [0.15, 0.2) is 0 Å². The van der Waals surface area contributed by atoms with Crippen LogP contribution in [0.25, 0.3) is 0 Å². The van der Waals surface area contributed by atoms with E-state index in [1.807, 2.05) is 0 Å². The number of likely N-dealkylation sites (N-methyl/N-ethyl adjacent to an activating group) is 1. The molecule has 0 aliphatic heterocycles. The number of hydrogen-bond donors (Lipinski definition) is 1. The van der Waals surface area contributed by atoms with Crippen LogP contribution in [0.2, 0.25) is 15.1 Å². The Morgan fingerprint density at radius 1 is 1.18 bits per heavy atom. The lowest BCUT2D eigenvalue weighted by Crippen LogP contribution is -2.36. The molecule has 0 atom stereocenters. The average Bonchev–Trinajstić information content (AvgIpc) is 2.63. The van der Waals surface area contributed by atoms with Gasteiger partial charge in [-0.3, -0.25) is 4.79 Å². The molecule has 0 unspecified atom stereocenters. The number of ether oxygens (including phenoxy) is 1. The van der Waals surface area contributed by atoms with Gasteiger partial charge in [-0.1, -0.05) is 40.9 Å². The first kappa shape index (κ1) is 22.4. The van der Waals surface area contributed by atoms with E-state index in [-0.39, 0.29) is 9.92 Å². The number of sulfonamides is 1. The molecular formula is C17H16Cl3N3O4S. The largest absolute Gasteiger partial charge is 0.495 e. The van der Waals surface area contributed by atoms with Crippen LogP contribution in [0.3, 0.4) is 0 Å². The Balaban J connectivity index is 2.02. The summed E-state index contributed by atoms with van der Waals surface area (Å²) < 4.78 is 31.0. The van der Waals surface area contributed by atoms with Crippen LogP contribution in [0, 0.1) is 0 Å². The van der Waals surface area contributed by atoms with Crippen molar-refractivity contribution in [2.75, 3.05) is 20.7 Å². The van der Waals surface area contributed by atoms with Gasteiger partial charge in [-0.05, 0) is 30.3 Å². The third-order valence-electron chi connectivity index (χ3n) is 3.55. The van der Waals surface area contributed by atoms with E-state index in [0.29, 0.717) is 21.4 Å². The zero-order valence-corrected chi connectivity index (χ0v) is 17.9. The van der Waals surface area contributed by atoms with Crippen molar-refractivity contribution in [2.45, 2.75) is 4.90 Å². The first-order valence-electron chi connectivity index (χ1n) is 7.72. The minimum atomic E-state index is -3.93. The summed E-state index contributed by atoms with van der Waals surface area (Å²) in [6, 6.07) is 8.82. The summed E-state index contributed by atoms with van der Waals surface area (Å²) in [6.07, 6.45) is 1.33. The number of nitrogens with zero attached hydrogens (tertiary/aromatic N) is 2. The topological polar surface area (TPSA) is 88.1 Å². The Morgan fingerprint density at radius 2 is 1.89 bits per heavy atom. The highest BCUT2D eigenvalue weighted by Crippen LogP contribution is 2.28. The molecule has 2 rings (SSSR count). The van der Waals surface area contributed by atoms with Crippen molar-refractivity contribution in [3.8, 4) is 5.75 Å². The van der Waals surface area contributed by atoms with E-state index in [2.05, 4.69) is 10.5 Å². The zero-order valence-electron chi connectivity index (χ0n) is 14.8. The molecule has 2 aromatic carbocycles. The third kappa shape index (κ3) is 5.59. The standard InChI is InChI=1S/C17H16Cl3N3O4S/c1-23(28(25,26)13-5-6-16(27-2)15(20)8-13)10-17(24)22-21-9-11-3-4-12(18)7-14(11)19/h3-9H,10H2,1-2H3,(H,22,24). The van der Waals surface area contributed by atoms with Gasteiger partial charge in [0.05, 0.1) is 34.8 Å². The molecule has 0 radical (unpaired) electrons. The lowest BCUT2D eigenvalue weighted by molar-refractivity contribution is -0.121. The van der Waals surface area contributed by atoms with Gasteiger partial charge in [0.1, 0.15) is 5.75 Å². The van der Waals surface area contributed by atoms with Crippen LogP contribution in [-0.2, 0) is 14.8 Å². The van der Waals surface area contributed by atoms with E-state index in [1.165, 1.54) is 44.6 Å². The molecule has 1 N–H and O–H groups in total. The molecule has 7 nitrogen and oxygen atoms in total. The quantitative estimate of drug-likeness (QED) is 0.502. The van der Waals surface area contributed by atoms with Gasteiger partial charge in [0.2, 0.25) is 10.0 Å². The minimum Gasteiger partial charge on any atom is -0.495 e. The molecular weight excluding hydrogens is 449 g/mol. The molecule has 0 aliphatic rings. The average molecular weight is 465 g/mol. The molecule has 0 aromatic heterocycles. The van der Waals surface area contributed by atoms with Crippen LogP contribution < -0.4 is 10.2 Å². The lowest BCUT2D eigenvalue weighted by Gasteiger charge is -2.16. The van der Waals surface area contributed by atoms with Crippen molar-refractivity contribution in [1.82, 2.24) is 9.73 Å². The second-order valence-corrected chi connectivity index (χ2v) is 8.81. The number of hydrogen-bond acceptors (Lipinski definition) is 5. The van der Waals surface area contributed by atoms with Gasteiger partial charge in [-0.2, -0.15) is 9.41 Å². The molecule has 0 fully saturated rings. The molecule has 28 heavy (non-hydrogen) atoms. The number of halogens is 3. The van der Waals surface area contributed by atoms with E-state index >= 15 is 0 Å². The van der Waals surface area contributed by atoms with Crippen molar-refractivity contribution >= 4 is 56.9 Å². The number of rotatable bonds is 7. The summed E-state index contributed by atoms with van der Waals surface area (Å²) in [7, 11) is -1.23. The maximum atomic E-state index is 12.6. The van der Waals surface area contributed by atoms with Crippen molar-refractivity contribution in [1.29, 1.82) is 0 Å². The molecule has 2 aromatic rings. The summed E-state index contributed by atoms with van der Waals surface area (Å²) in [5.74, 6) is -0.289. The van der Waals surface area contributed by atoms with E-state index in [1.54, 1.807) is 12.1 Å². The number of carbonyl (C=O) groups excluding carboxylic acids is 1. The number of hydrazone groups is 1. The Kier molecular flexibility index (Phi) is 7.68. The van der Waals surface area contributed by atoms with E-state index in [0.717, 1.165) is 4.31 Å². The Hall–Kier alpha value is -1.84. The van der Waals surface area contributed by atoms with Crippen molar-refractivity contribution in [3.05, 3.63) is 57.0 Å². The first-order valence-corrected chi connectivity index (χ1v) is 10.3. The highest BCUT2D eigenvalue weighted by atomic mass is 35.5. The van der Waals surface area contributed by atoms with Crippen LogP contribution in [0.1, 0.15) is 5.56 Å². The lowest BCUT2D eigenvalue weighted by atomic mass is 10.2. The zero-order chi connectivity index (χ0) is 20.9. The van der Waals surface area contributed by atoms with Crippen LogP contribution in [0.15, 0.2) is 46.4 Å². The third-order valence-corrected chi connectivity index (χ3v) is 6.21. The summed E-state index contributed by atoms with van der Waals surface area (Å²) >= 11 is 17.8. The predicted octanol–water partition coefficient (Wildman–Crippen LogP) is 3.43. The first-order chi connectivity index (χ1) is 13.1. The molecule has 0 bridgehead atoms. The fraction of sp³-hybridized carbons (Fsp3) is 0.176. The fourth-order valence-electron chi connectivity index (χ4n) is 2.09. The van der Waals surface area contributed by atoms with Crippen molar-refractivity contribution in [2.24, 2.45) is 5.10 Å². The second kappa shape index (κ2) is 9.58. The summed E-state index contributed by atoms with van der Waals surface area (Å²) in [4.78, 5) is 11.9. The maximum absolute atomic E-state index is 12.6. The number of nitrogens with one attached hydrogen (secondary N) is 1. The molecule has 0 aliphatic carbocycles. The molecule has 0 saturated heterocycles. The monoisotopic (exact) mass is 463 g/mol. The number of methoxy groups -OCH3 is 1. The number of benzene rings is 2. The van der Waals surface area contributed by atoms with E-state index in [9.17, 15) is 13.2 Å². The van der Waals surface area contributed by atoms with Crippen LogP contribution in [-0.4, -0.2) is 45.5 Å². The van der Waals surface area contributed by atoms with Crippen molar-refractivity contribution < 1.29 is 17.9 Å². The van der Waals surface area contributed by atoms with Gasteiger partial charge in [0.25, 0.3) is 5.91 Å². The van der Waals surface area contributed by atoms with Gasteiger partial charge in [0, 0.05) is 17.6 Å². The molecule has 11 heteroatoms. The summed E-state index contributed by atoms with van der Waals surface area (Å²) in [5.41, 5.74) is 2.79. The molecule has 1 amide bonds. The van der Waals surface area contributed by atoms with E-state index < -0.39 is 22.5 Å². The number of carbonyl (C=O) groups is 1. The van der Waals surface area contributed by atoms with Crippen LogP contribution in [0.4, 0.5) is 0 Å². The molecule has 150 valence electrons. The molecule has 0 saturated carbocycles. The van der Waals surface area contributed by atoms with Gasteiger partial charge >= 0.3 is 0 Å². The maximum Gasteiger partial charge on any atom is 0.255 e. The normalized spacial score (nSPS) is 11.8. The SMILES string of the molecule is COc1ccc(S(=O)(=O)N(C)CC(=O)NN=Cc2ccc(Cl)cc2Cl)cc1Cl. The van der Waals surface area contributed by atoms with Gasteiger partial charge in [-0.15, -0.1) is 0 Å². The Bertz CT molecular complexity index is 1010. The highest BCUT2D eigenvalue weighted by Gasteiger charge is 2.23. The van der Waals surface area contributed by atoms with Gasteiger partial charge < -0.3 is 4.74 Å². The van der Waals surface area contributed by atoms with Gasteiger partial charge in [-0.25, -0.2) is 13.8 Å². The van der Waals surface area contributed by atoms with Crippen molar-refractivity contribution in [3.63, 3.8) is 0 Å².